The number of hydrogen-bond acceptors (Lipinski definition) is 7. The highest BCUT2D eigenvalue weighted by atomic mass is 16.5. The third-order valence-electron chi connectivity index (χ3n) is 5.13. The van der Waals surface area contributed by atoms with Gasteiger partial charge in [0.2, 0.25) is 0 Å². The van der Waals surface area contributed by atoms with Crippen molar-refractivity contribution in [1.82, 2.24) is 4.90 Å². The van der Waals surface area contributed by atoms with Gasteiger partial charge in [0, 0.05) is 38.7 Å². The number of esters is 1. The minimum Gasteiger partial charge on any atom is -0.511 e. The number of morpholine rings is 1. The maximum absolute atomic E-state index is 12.5. The van der Waals surface area contributed by atoms with Gasteiger partial charge in [-0.3, -0.25) is 14.7 Å². The molecule has 0 spiro atoms. The van der Waals surface area contributed by atoms with E-state index in [1.54, 1.807) is 18.2 Å². The fourth-order valence-corrected chi connectivity index (χ4v) is 3.51. The lowest BCUT2D eigenvalue weighted by Crippen LogP contribution is -2.37. The summed E-state index contributed by atoms with van der Waals surface area (Å²) in [4.78, 5) is 30.8. The first-order valence-corrected chi connectivity index (χ1v) is 9.52. The summed E-state index contributed by atoms with van der Waals surface area (Å²) in [6.07, 6.45) is 2.12. The first-order chi connectivity index (χ1) is 13.6. The number of ether oxygens (including phenoxy) is 2. The van der Waals surface area contributed by atoms with E-state index in [9.17, 15) is 14.7 Å². The molecule has 1 heterocycles. The van der Waals surface area contributed by atoms with Crippen molar-refractivity contribution in [3.8, 4) is 0 Å². The Bertz CT molecular complexity index is 781. The average molecular weight is 386 g/mol. The molecule has 2 aliphatic rings. The topological polar surface area (TPSA) is 88.4 Å². The minimum absolute atomic E-state index is 0.0554. The van der Waals surface area contributed by atoms with Gasteiger partial charge in [0.25, 0.3) is 0 Å². The lowest BCUT2D eigenvalue weighted by atomic mass is 9.82. The maximum Gasteiger partial charge on any atom is 0.337 e. The van der Waals surface area contributed by atoms with Crippen molar-refractivity contribution in [3.05, 3.63) is 46.7 Å². The van der Waals surface area contributed by atoms with Crippen molar-refractivity contribution in [2.24, 2.45) is 4.99 Å². The van der Waals surface area contributed by atoms with Crippen LogP contribution in [0.5, 0.6) is 0 Å². The van der Waals surface area contributed by atoms with Crippen LogP contribution in [0.2, 0.25) is 0 Å². The molecule has 1 aliphatic carbocycles. The summed E-state index contributed by atoms with van der Waals surface area (Å²) in [5, 5.41) is 10.4. The first-order valence-electron chi connectivity index (χ1n) is 9.52. The van der Waals surface area contributed by atoms with Crippen molar-refractivity contribution in [2.75, 3.05) is 46.5 Å². The van der Waals surface area contributed by atoms with Gasteiger partial charge in [-0.25, -0.2) is 4.79 Å². The molecule has 0 radical (unpaired) electrons. The van der Waals surface area contributed by atoms with Crippen LogP contribution in [0.15, 0.2) is 40.6 Å². The van der Waals surface area contributed by atoms with Crippen LogP contribution in [0.25, 0.3) is 0 Å². The Labute approximate surface area is 164 Å². The van der Waals surface area contributed by atoms with Gasteiger partial charge in [0.15, 0.2) is 5.78 Å². The molecule has 1 unspecified atom stereocenters. The van der Waals surface area contributed by atoms with Gasteiger partial charge >= 0.3 is 5.97 Å². The lowest BCUT2D eigenvalue weighted by Gasteiger charge is -2.25. The van der Waals surface area contributed by atoms with Gasteiger partial charge in [-0.15, -0.1) is 0 Å². The number of aliphatic hydroxyl groups is 1. The molecule has 7 nitrogen and oxygen atoms in total. The molecule has 0 amide bonds. The number of benzene rings is 1. The summed E-state index contributed by atoms with van der Waals surface area (Å²) in [7, 11) is 1.33. The molecule has 28 heavy (non-hydrogen) atoms. The molecular weight excluding hydrogens is 360 g/mol. The number of nitrogens with zero attached hydrogens (tertiary/aromatic N) is 2. The van der Waals surface area contributed by atoms with Gasteiger partial charge in [-0.1, -0.05) is 12.1 Å². The van der Waals surface area contributed by atoms with Gasteiger partial charge < -0.3 is 14.6 Å². The second kappa shape index (κ2) is 9.61. The number of allylic oxidation sites excluding steroid dienone is 2. The number of rotatable bonds is 6. The largest absolute Gasteiger partial charge is 0.511 e. The molecule has 1 aromatic carbocycles. The number of hydrogen-bond donors (Lipinski definition) is 1. The number of aliphatic hydroxyl groups excluding tert-OH is 1. The van der Waals surface area contributed by atoms with E-state index in [1.807, 2.05) is 6.07 Å². The van der Waals surface area contributed by atoms with Crippen molar-refractivity contribution in [3.63, 3.8) is 0 Å². The van der Waals surface area contributed by atoms with E-state index in [4.69, 9.17) is 9.47 Å². The Morgan fingerprint density at radius 3 is 2.86 bits per heavy atom. The summed E-state index contributed by atoms with van der Waals surface area (Å²) in [5.74, 6) is -0.661. The number of carbonyl (C=O) groups is 2. The quantitative estimate of drug-likeness (QED) is 0.595. The number of ketones is 1. The van der Waals surface area contributed by atoms with Crippen LogP contribution in [0.1, 0.15) is 34.7 Å². The second-order valence-electron chi connectivity index (χ2n) is 7.00. The van der Waals surface area contributed by atoms with Gasteiger partial charge in [0.1, 0.15) is 5.76 Å². The Morgan fingerprint density at radius 1 is 1.36 bits per heavy atom. The Balaban J connectivity index is 1.62. The van der Waals surface area contributed by atoms with Crippen molar-refractivity contribution in [1.29, 1.82) is 0 Å². The average Bonchev–Trinajstić information content (AvgIpc) is 2.72. The molecule has 0 saturated carbocycles. The van der Waals surface area contributed by atoms with Crippen LogP contribution in [-0.2, 0) is 14.3 Å². The lowest BCUT2D eigenvalue weighted by molar-refractivity contribution is -0.116. The standard InChI is InChI=1S/C21H26N2O5/c1-27-21(26)16-4-2-3-15(11-16)17-12-19(24)18(20(25)13-17)14-22-5-6-23-7-9-28-10-8-23/h2-4,11,14,17,24H,5-10,12-13H2,1H3. The molecule has 1 saturated heterocycles. The summed E-state index contributed by atoms with van der Waals surface area (Å²) >= 11 is 0. The van der Waals surface area contributed by atoms with Crippen LogP contribution in [0.3, 0.4) is 0 Å². The molecule has 3 rings (SSSR count). The van der Waals surface area contributed by atoms with E-state index in [-0.39, 0.29) is 23.9 Å². The minimum atomic E-state index is -0.420. The molecule has 1 fully saturated rings. The summed E-state index contributed by atoms with van der Waals surface area (Å²) in [6.45, 7) is 4.67. The van der Waals surface area contributed by atoms with Gasteiger partial charge in [-0.05, 0) is 23.6 Å². The third-order valence-corrected chi connectivity index (χ3v) is 5.13. The Hall–Kier alpha value is -2.51. The molecule has 1 aliphatic heterocycles. The van der Waals surface area contributed by atoms with E-state index in [2.05, 4.69) is 9.89 Å². The van der Waals surface area contributed by atoms with Crippen LogP contribution in [0, 0.1) is 0 Å². The summed E-state index contributed by atoms with van der Waals surface area (Å²) in [5.41, 5.74) is 1.57. The van der Waals surface area contributed by atoms with Crippen LogP contribution < -0.4 is 0 Å². The number of aliphatic imine (C=N–C) groups is 1. The molecule has 1 N–H and O–H groups in total. The van der Waals surface area contributed by atoms with Crippen LogP contribution >= 0.6 is 0 Å². The Kier molecular flexibility index (Phi) is 6.95. The van der Waals surface area contributed by atoms with Gasteiger partial charge in [-0.2, -0.15) is 0 Å². The highest BCUT2D eigenvalue weighted by molar-refractivity contribution is 6.14. The monoisotopic (exact) mass is 386 g/mol. The van der Waals surface area contributed by atoms with Crippen molar-refractivity contribution >= 4 is 18.0 Å². The molecule has 1 aromatic rings. The van der Waals surface area contributed by atoms with E-state index in [0.29, 0.717) is 24.1 Å². The Morgan fingerprint density at radius 2 is 2.14 bits per heavy atom. The zero-order valence-corrected chi connectivity index (χ0v) is 16.1. The summed E-state index contributed by atoms with van der Waals surface area (Å²) < 4.78 is 10.1. The molecular formula is C21H26N2O5. The second-order valence-corrected chi connectivity index (χ2v) is 7.00. The maximum atomic E-state index is 12.5. The van der Waals surface area contributed by atoms with E-state index in [1.165, 1.54) is 13.3 Å². The normalized spacial score (nSPS) is 21.3. The first kappa shape index (κ1) is 20.2. The third kappa shape index (κ3) is 5.05. The molecule has 1 atom stereocenters. The smallest absolute Gasteiger partial charge is 0.337 e. The molecule has 7 heteroatoms. The number of Topliss-reactive ketones (excluding diaryl/α,β-unsaturated/α-hetero) is 1. The van der Waals surface area contributed by atoms with Crippen LogP contribution in [-0.4, -0.2) is 74.5 Å². The summed E-state index contributed by atoms with van der Waals surface area (Å²) in [6, 6.07) is 7.01. The predicted octanol–water partition coefficient (Wildman–Crippen LogP) is 2.13. The SMILES string of the molecule is COC(=O)c1cccc(C2CC(=O)C(C=NCCN3CCOCC3)=C(O)C2)c1. The predicted molar refractivity (Wildman–Crippen MR) is 105 cm³/mol. The fraction of sp³-hybridized carbons (Fsp3) is 0.476. The number of methoxy groups -OCH3 is 1. The molecule has 150 valence electrons. The van der Waals surface area contributed by atoms with E-state index < -0.39 is 5.97 Å². The zero-order chi connectivity index (χ0) is 19.9. The van der Waals surface area contributed by atoms with Gasteiger partial charge in [0.05, 0.1) is 38.0 Å². The highest BCUT2D eigenvalue weighted by Gasteiger charge is 2.28. The highest BCUT2D eigenvalue weighted by Crippen LogP contribution is 2.33. The van der Waals surface area contributed by atoms with Crippen LogP contribution in [0.4, 0.5) is 0 Å². The van der Waals surface area contributed by atoms with Crippen molar-refractivity contribution in [2.45, 2.75) is 18.8 Å². The molecule has 0 aromatic heterocycles. The van der Waals surface area contributed by atoms with E-state index in [0.717, 1.165) is 38.4 Å². The van der Waals surface area contributed by atoms with Crippen molar-refractivity contribution < 1.29 is 24.2 Å². The van der Waals surface area contributed by atoms with E-state index >= 15 is 0 Å². The molecule has 0 bridgehead atoms. The number of carbonyl (C=O) groups excluding carboxylic acids is 2. The zero-order valence-electron chi connectivity index (χ0n) is 16.1. The fourth-order valence-electron chi connectivity index (χ4n) is 3.51.